The smallest absolute Gasteiger partial charge is 0.126 e. The summed E-state index contributed by atoms with van der Waals surface area (Å²) in [7, 11) is 2.00. The molecule has 1 aromatic rings. The van der Waals surface area contributed by atoms with Gasteiger partial charge in [0.2, 0.25) is 0 Å². The van der Waals surface area contributed by atoms with Crippen molar-refractivity contribution in [3.63, 3.8) is 0 Å². The lowest BCUT2D eigenvalue weighted by atomic mass is 9.89. The van der Waals surface area contributed by atoms with Gasteiger partial charge in [0.25, 0.3) is 0 Å². The number of benzene rings is 1. The molecule has 1 aromatic carbocycles. The van der Waals surface area contributed by atoms with Gasteiger partial charge in [0, 0.05) is 31.5 Å². The van der Waals surface area contributed by atoms with Crippen molar-refractivity contribution in [2.45, 2.75) is 5.92 Å². The first-order chi connectivity index (χ1) is 7.22. The highest BCUT2D eigenvalue weighted by Gasteiger charge is 2.32. The molecule has 1 aliphatic rings. The molecule has 2 rings (SSSR count). The molecule has 15 heavy (non-hydrogen) atoms. The van der Waals surface area contributed by atoms with Crippen molar-refractivity contribution < 1.29 is 9.50 Å². The number of likely N-dealkylation sites (N-methyl/N-ethyl adjacent to an activating group) is 1. The first-order valence-corrected chi connectivity index (χ1v) is 5.26. The summed E-state index contributed by atoms with van der Waals surface area (Å²) in [6, 6.07) is 6.86. The van der Waals surface area contributed by atoms with E-state index in [1.54, 1.807) is 6.07 Å². The predicted octanol–water partition coefficient (Wildman–Crippen LogP) is 1.46. The zero-order valence-electron chi connectivity index (χ0n) is 8.86. The highest BCUT2D eigenvalue weighted by molar-refractivity contribution is 5.24. The Morgan fingerprint density at radius 3 is 2.80 bits per heavy atom. The molecule has 0 bridgehead atoms. The first kappa shape index (κ1) is 10.6. The number of halogens is 1. The van der Waals surface area contributed by atoms with E-state index >= 15 is 0 Å². The van der Waals surface area contributed by atoms with E-state index in [1.165, 1.54) is 6.07 Å². The SMILES string of the molecule is CN1CC(CO)C(c2ccccc2F)C1. The molecule has 0 spiro atoms. The second kappa shape index (κ2) is 4.29. The lowest BCUT2D eigenvalue weighted by Gasteiger charge is -2.16. The van der Waals surface area contributed by atoms with Gasteiger partial charge in [0.1, 0.15) is 5.82 Å². The van der Waals surface area contributed by atoms with Crippen LogP contribution >= 0.6 is 0 Å². The summed E-state index contributed by atoms with van der Waals surface area (Å²) in [5, 5.41) is 9.26. The summed E-state index contributed by atoms with van der Waals surface area (Å²) < 4.78 is 13.6. The normalized spacial score (nSPS) is 27.1. The number of likely N-dealkylation sites (tertiary alicyclic amines) is 1. The van der Waals surface area contributed by atoms with Gasteiger partial charge in [0.05, 0.1) is 0 Å². The minimum absolute atomic E-state index is 0.126. The summed E-state index contributed by atoms with van der Waals surface area (Å²) in [5.41, 5.74) is 0.737. The van der Waals surface area contributed by atoms with Crippen molar-refractivity contribution >= 4 is 0 Å². The molecule has 2 unspecified atom stereocenters. The largest absolute Gasteiger partial charge is 0.396 e. The molecule has 0 aromatic heterocycles. The van der Waals surface area contributed by atoms with Crippen molar-refractivity contribution in [3.05, 3.63) is 35.6 Å². The monoisotopic (exact) mass is 209 g/mol. The highest BCUT2D eigenvalue weighted by atomic mass is 19.1. The van der Waals surface area contributed by atoms with Crippen LogP contribution < -0.4 is 0 Å². The van der Waals surface area contributed by atoms with Crippen molar-refractivity contribution in [2.24, 2.45) is 5.92 Å². The zero-order chi connectivity index (χ0) is 10.8. The molecule has 2 nitrogen and oxygen atoms in total. The van der Waals surface area contributed by atoms with E-state index in [4.69, 9.17) is 0 Å². The van der Waals surface area contributed by atoms with E-state index in [9.17, 15) is 9.50 Å². The molecule has 1 heterocycles. The standard InChI is InChI=1S/C12H16FNO/c1-14-6-9(8-15)11(7-14)10-4-2-3-5-12(10)13/h2-5,9,11,15H,6-8H2,1H3. The summed E-state index contributed by atoms with van der Waals surface area (Å²) >= 11 is 0. The third kappa shape index (κ3) is 2.03. The summed E-state index contributed by atoms with van der Waals surface area (Å²) in [6.45, 7) is 1.80. The number of hydrogen-bond donors (Lipinski definition) is 1. The van der Waals surface area contributed by atoms with Crippen LogP contribution in [-0.4, -0.2) is 36.8 Å². The Kier molecular flexibility index (Phi) is 3.03. The van der Waals surface area contributed by atoms with Crippen LogP contribution in [0.1, 0.15) is 11.5 Å². The van der Waals surface area contributed by atoms with Crippen LogP contribution in [0.2, 0.25) is 0 Å². The molecule has 0 aliphatic carbocycles. The molecular weight excluding hydrogens is 193 g/mol. The Morgan fingerprint density at radius 2 is 2.13 bits per heavy atom. The van der Waals surface area contributed by atoms with Crippen molar-refractivity contribution in [1.29, 1.82) is 0 Å². The first-order valence-electron chi connectivity index (χ1n) is 5.26. The molecule has 0 amide bonds. The van der Waals surface area contributed by atoms with Gasteiger partial charge < -0.3 is 10.0 Å². The van der Waals surface area contributed by atoms with Crippen LogP contribution in [0.25, 0.3) is 0 Å². The predicted molar refractivity (Wildman–Crippen MR) is 57.2 cm³/mol. The third-order valence-corrected chi connectivity index (χ3v) is 3.16. The fourth-order valence-electron chi connectivity index (χ4n) is 2.40. The Labute approximate surface area is 89.3 Å². The average Bonchev–Trinajstić information content (AvgIpc) is 2.60. The van der Waals surface area contributed by atoms with Crippen molar-refractivity contribution in [1.82, 2.24) is 4.90 Å². The molecule has 82 valence electrons. The molecule has 3 heteroatoms. The van der Waals surface area contributed by atoms with E-state index < -0.39 is 0 Å². The number of aliphatic hydroxyl groups is 1. The lowest BCUT2D eigenvalue weighted by Crippen LogP contribution is -2.16. The van der Waals surface area contributed by atoms with Crippen LogP contribution in [0.5, 0.6) is 0 Å². The molecule has 1 aliphatic heterocycles. The number of hydrogen-bond acceptors (Lipinski definition) is 2. The lowest BCUT2D eigenvalue weighted by molar-refractivity contribution is 0.218. The second-order valence-electron chi connectivity index (χ2n) is 4.29. The molecule has 0 saturated carbocycles. The molecule has 2 atom stereocenters. The van der Waals surface area contributed by atoms with Crippen molar-refractivity contribution in [3.8, 4) is 0 Å². The van der Waals surface area contributed by atoms with Crippen LogP contribution in [-0.2, 0) is 0 Å². The summed E-state index contributed by atoms with van der Waals surface area (Å²) in [6.07, 6.45) is 0. The quantitative estimate of drug-likeness (QED) is 0.797. The molecule has 1 N–H and O–H groups in total. The Bertz CT molecular complexity index is 342. The van der Waals surface area contributed by atoms with Crippen LogP contribution in [0.15, 0.2) is 24.3 Å². The molecule has 1 fully saturated rings. The zero-order valence-corrected chi connectivity index (χ0v) is 8.86. The Morgan fingerprint density at radius 1 is 1.40 bits per heavy atom. The maximum atomic E-state index is 13.6. The van der Waals surface area contributed by atoms with Crippen LogP contribution in [0, 0.1) is 11.7 Å². The van der Waals surface area contributed by atoms with Gasteiger partial charge in [-0.1, -0.05) is 18.2 Å². The van der Waals surface area contributed by atoms with E-state index in [0.29, 0.717) is 0 Å². The number of aliphatic hydroxyl groups excluding tert-OH is 1. The van der Waals surface area contributed by atoms with Gasteiger partial charge in [-0.05, 0) is 18.7 Å². The van der Waals surface area contributed by atoms with E-state index in [1.807, 2.05) is 19.2 Å². The van der Waals surface area contributed by atoms with Crippen molar-refractivity contribution in [2.75, 3.05) is 26.7 Å². The van der Waals surface area contributed by atoms with Gasteiger partial charge in [-0.2, -0.15) is 0 Å². The fourth-order valence-corrected chi connectivity index (χ4v) is 2.40. The molecular formula is C12H16FNO. The molecule has 1 saturated heterocycles. The van der Waals surface area contributed by atoms with E-state index in [0.717, 1.165) is 18.7 Å². The summed E-state index contributed by atoms with van der Waals surface area (Å²) in [4.78, 5) is 2.14. The van der Waals surface area contributed by atoms with Crippen LogP contribution in [0.4, 0.5) is 4.39 Å². The molecule has 0 radical (unpaired) electrons. The van der Waals surface area contributed by atoms with Crippen LogP contribution in [0.3, 0.4) is 0 Å². The fraction of sp³-hybridized carbons (Fsp3) is 0.500. The number of rotatable bonds is 2. The Hall–Kier alpha value is -0.930. The topological polar surface area (TPSA) is 23.5 Å². The van der Waals surface area contributed by atoms with Gasteiger partial charge in [-0.25, -0.2) is 4.39 Å². The second-order valence-corrected chi connectivity index (χ2v) is 4.29. The minimum atomic E-state index is -0.156. The summed E-state index contributed by atoms with van der Waals surface area (Å²) in [5.74, 6) is 0.129. The number of nitrogens with zero attached hydrogens (tertiary/aromatic N) is 1. The van der Waals surface area contributed by atoms with Gasteiger partial charge in [-0.3, -0.25) is 0 Å². The third-order valence-electron chi connectivity index (χ3n) is 3.16. The van der Waals surface area contributed by atoms with Gasteiger partial charge >= 0.3 is 0 Å². The van der Waals surface area contributed by atoms with Gasteiger partial charge in [-0.15, -0.1) is 0 Å². The highest BCUT2D eigenvalue weighted by Crippen LogP contribution is 2.32. The maximum Gasteiger partial charge on any atom is 0.126 e. The van der Waals surface area contributed by atoms with E-state index in [-0.39, 0.29) is 24.3 Å². The Balaban J connectivity index is 2.26. The van der Waals surface area contributed by atoms with Gasteiger partial charge in [0.15, 0.2) is 0 Å². The minimum Gasteiger partial charge on any atom is -0.396 e. The van der Waals surface area contributed by atoms with E-state index in [2.05, 4.69) is 4.90 Å². The maximum absolute atomic E-state index is 13.6. The average molecular weight is 209 g/mol.